The Morgan fingerprint density at radius 1 is 1.28 bits per heavy atom. The number of nitrogens with one attached hydrogen (secondary N) is 1. The minimum absolute atomic E-state index is 0.234. The SMILES string of the molecule is CC(C)c1ccc(C(CC2CCOC2)NN)cc1. The second-order valence-electron chi connectivity index (χ2n) is 5.51. The van der Waals surface area contributed by atoms with Gasteiger partial charge in [0.1, 0.15) is 0 Å². The highest BCUT2D eigenvalue weighted by molar-refractivity contribution is 5.26. The van der Waals surface area contributed by atoms with E-state index < -0.39 is 0 Å². The summed E-state index contributed by atoms with van der Waals surface area (Å²) in [5, 5.41) is 0. The lowest BCUT2D eigenvalue weighted by Crippen LogP contribution is -2.29. The van der Waals surface area contributed by atoms with Gasteiger partial charge in [-0.3, -0.25) is 11.3 Å². The summed E-state index contributed by atoms with van der Waals surface area (Å²) < 4.78 is 5.42. The number of ether oxygens (including phenoxy) is 1. The van der Waals surface area contributed by atoms with Crippen LogP contribution < -0.4 is 11.3 Å². The van der Waals surface area contributed by atoms with E-state index in [1.54, 1.807) is 0 Å². The maximum Gasteiger partial charge on any atom is 0.0495 e. The Kier molecular flexibility index (Phi) is 4.75. The Hall–Kier alpha value is -0.900. The van der Waals surface area contributed by atoms with E-state index >= 15 is 0 Å². The van der Waals surface area contributed by atoms with Gasteiger partial charge in [-0.1, -0.05) is 38.1 Å². The van der Waals surface area contributed by atoms with Crippen LogP contribution in [-0.4, -0.2) is 13.2 Å². The Labute approximate surface area is 110 Å². The van der Waals surface area contributed by atoms with Crippen LogP contribution in [0.3, 0.4) is 0 Å². The molecule has 18 heavy (non-hydrogen) atoms. The van der Waals surface area contributed by atoms with E-state index in [0.29, 0.717) is 11.8 Å². The molecule has 2 rings (SSSR count). The van der Waals surface area contributed by atoms with E-state index in [4.69, 9.17) is 10.6 Å². The van der Waals surface area contributed by atoms with Gasteiger partial charge >= 0.3 is 0 Å². The van der Waals surface area contributed by atoms with E-state index in [-0.39, 0.29) is 6.04 Å². The smallest absolute Gasteiger partial charge is 0.0495 e. The highest BCUT2D eigenvalue weighted by atomic mass is 16.5. The van der Waals surface area contributed by atoms with Crippen molar-refractivity contribution in [3.05, 3.63) is 35.4 Å². The average Bonchev–Trinajstić information content (AvgIpc) is 2.89. The van der Waals surface area contributed by atoms with Crippen LogP contribution in [0, 0.1) is 5.92 Å². The lowest BCUT2D eigenvalue weighted by Gasteiger charge is -2.20. The van der Waals surface area contributed by atoms with Gasteiger partial charge in [0.25, 0.3) is 0 Å². The Bertz CT molecular complexity index is 355. The van der Waals surface area contributed by atoms with Crippen LogP contribution >= 0.6 is 0 Å². The zero-order valence-electron chi connectivity index (χ0n) is 11.4. The molecule has 0 bridgehead atoms. The van der Waals surface area contributed by atoms with Gasteiger partial charge in [0.05, 0.1) is 0 Å². The minimum Gasteiger partial charge on any atom is -0.381 e. The van der Waals surface area contributed by atoms with Gasteiger partial charge in [-0.2, -0.15) is 0 Å². The summed E-state index contributed by atoms with van der Waals surface area (Å²) in [5.74, 6) is 6.90. The van der Waals surface area contributed by atoms with E-state index in [1.165, 1.54) is 11.1 Å². The molecule has 0 spiro atoms. The first-order valence-corrected chi connectivity index (χ1v) is 6.84. The predicted molar refractivity (Wildman–Crippen MR) is 74.1 cm³/mol. The van der Waals surface area contributed by atoms with Crippen LogP contribution in [0.15, 0.2) is 24.3 Å². The van der Waals surface area contributed by atoms with E-state index in [1.807, 2.05) is 0 Å². The minimum atomic E-state index is 0.234. The van der Waals surface area contributed by atoms with E-state index in [9.17, 15) is 0 Å². The second-order valence-corrected chi connectivity index (χ2v) is 5.51. The van der Waals surface area contributed by atoms with E-state index in [0.717, 1.165) is 26.1 Å². The van der Waals surface area contributed by atoms with Gasteiger partial charge in [-0.25, -0.2) is 0 Å². The lowest BCUT2D eigenvalue weighted by molar-refractivity contribution is 0.181. The summed E-state index contributed by atoms with van der Waals surface area (Å²) in [6, 6.07) is 9.02. The molecular formula is C15H24N2O. The molecule has 1 aromatic carbocycles. The van der Waals surface area contributed by atoms with Gasteiger partial charge in [-0.05, 0) is 35.8 Å². The first-order chi connectivity index (χ1) is 8.70. The third-order valence-electron chi connectivity index (χ3n) is 3.80. The first kappa shape index (κ1) is 13.5. The fourth-order valence-corrected chi connectivity index (χ4v) is 2.52. The molecule has 1 aliphatic rings. The van der Waals surface area contributed by atoms with Crippen LogP contribution in [0.2, 0.25) is 0 Å². The van der Waals surface area contributed by atoms with E-state index in [2.05, 4.69) is 43.5 Å². The van der Waals surface area contributed by atoms with Gasteiger partial charge in [0, 0.05) is 19.3 Å². The summed E-state index contributed by atoms with van der Waals surface area (Å²) in [6.45, 7) is 6.20. The van der Waals surface area contributed by atoms with Crippen molar-refractivity contribution < 1.29 is 4.74 Å². The van der Waals surface area contributed by atoms with Crippen LogP contribution in [0.4, 0.5) is 0 Å². The van der Waals surface area contributed by atoms with Crippen molar-refractivity contribution in [2.45, 2.75) is 38.6 Å². The highest BCUT2D eigenvalue weighted by Crippen LogP contribution is 2.27. The Morgan fingerprint density at radius 2 is 1.94 bits per heavy atom. The molecule has 3 N–H and O–H groups in total. The van der Waals surface area contributed by atoms with Crippen molar-refractivity contribution in [1.29, 1.82) is 0 Å². The topological polar surface area (TPSA) is 47.3 Å². The van der Waals surface area contributed by atoms with Crippen molar-refractivity contribution in [1.82, 2.24) is 5.43 Å². The lowest BCUT2D eigenvalue weighted by atomic mass is 9.93. The summed E-state index contributed by atoms with van der Waals surface area (Å²) >= 11 is 0. The number of hydrogen-bond acceptors (Lipinski definition) is 3. The van der Waals surface area contributed by atoms with Crippen LogP contribution in [0.25, 0.3) is 0 Å². The molecule has 100 valence electrons. The molecule has 2 atom stereocenters. The summed E-state index contributed by atoms with van der Waals surface area (Å²) in [5.41, 5.74) is 5.58. The van der Waals surface area contributed by atoms with Crippen molar-refractivity contribution >= 4 is 0 Å². The molecule has 2 unspecified atom stereocenters. The van der Waals surface area contributed by atoms with Gasteiger partial charge in [0.15, 0.2) is 0 Å². The fraction of sp³-hybridized carbons (Fsp3) is 0.600. The van der Waals surface area contributed by atoms with Gasteiger partial charge in [-0.15, -0.1) is 0 Å². The quantitative estimate of drug-likeness (QED) is 0.622. The third kappa shape index (κ3) is 3.31. The molecule has 1 fully saturated rings. The number of rotatable bonds is 5. The molecule has 0 amide bonds. The van der Waals surface area contributed by atoms with Gasteiger partial charge in [0.2, 0.25) is 0 Å². The van der Waals surface area contributed by atoms with Crippen molar-refractivity contribution in [3.63, 3.8) is 0 Å². The number of benzene rings is 1. The average molecular weight is 248 g/mol. The van der Waals surface area contributed by atoms with Crippen LogP contribution in [-0.2, 0) is 4.74 Å². The zero-order valence-corrected chi connectivity index (χ0v) is 11.4. The fourth-order valence-electron chi connectivity index (χ4n) is 2.52. The summed E-state index contributed by atoms with van der Waals surface area (Å²) in [7, 11) is 0. The molecule has 1 aromatic rings. The van der Waals surface area contributed by atoms with Crippen LogP contribution in [0.5, 0.6) is 0 Å². The molecule has 1 aliphatic heterocycles. The summed E-state index contributed by atoms with van der Waals surface area (Å²) in [6.07, 6.45) is 2.21. The molecule has 3 nitrogen and oxygen atoms in total. The standard InChI is InChI=1S/C15H24N2O/c1-11(2)13-3-5-14(6-4-13)15(17-16)9-12-7-8-18-10-12/h3-6,11-12,15,17H,7-10,16H2,1-2H3. The van der Waals surface area contributed by atoms with Gasteiger partial charge < -0.3 is 4.74 Å². The largest absolute Gasteiger partial charge is 0.381 e. The maximum atomic E-state index is 5.69. The molecule has 3 heteroatoms. The molecule has 0 aromatic heterocycles. The van der Waals surface area contributed by atoms with Crippen molar-refractivity contribution in [2.24, 2.45) is 11.8 Å². The second kappa shape index (κ2) is 6.32. The highest BCUT2D eigenvalue weighted by Gasteiger charge is 2.21. The Morgan fingerprint density at radius 3 is 2.44 bits per heavy atom. The Balaban J connectivity index is 2.02. The third-order valence-corrected chi connectivity index (χ3v) is 3.80. The normalized spacial score (nSPS) is 21.4. The van der Waals surface area contributed by atoms with Crippen molar-refractivity contribution in [3.8, 4) is 0 Å². The molecule has 0 radical (unpaired) electrons. The monoisotopic (exact) mass is 248 g/mol. The molecule has 1 saturated heterocycles. The predicted octanol–water partition coefficient (Wildman–Crippen LogP) is 2.74. The number of nitrogens with two attached hydrogens (primary N) is 1. The summed E-state index contributed by atoms with van der Waals surface area (Å²) in [4.78, 5) is 0. The molecule has 1 heterocycles. The molecule has 0 aliphatic carbocycles. The number of hydrogen-bond donors (Lipinski definition) is 2. The molecule has 0 saturated carbocycles. The molecular weight excluding hydrogens is 224 g/mol. The number of hydrazine groups is 1. The van der Waals surface area contributed by atoms with Crippen LogP contribution in [0.1, 0.15) is 49.8 Å². The van der Waals surface area contributed by atoms with Crippen molar-refractivity contribution in [2.75, 3.05) is 13.2 Å². The zero-order chi connectivity index (χ0) is 13.0. The maximum absolute atomic E-state index is 5.69. The first-order valence-electron chi connectivity index (χ1n) is 6.84.